The number of rotatable bonds is 3. The summed E-state index contributed by atoms with van der Waals surface area (Å²) < 4.78 is 5.77. The van der Waals surface area contributed by atoms with Crippen molar-refractivity contribution in [3.05, 3.63) is 54.0 Å². The first kappa shape index (κ1) is 12.5. The number of benzene rings is 1. The zero-order valence-electron chi connectivity index (χ0n) is 11.1. The van der Waals surface area contributed by atoms with E-state index in [1.165, 1.54) is 0 Å². The molecular weight excluding hydrogens is 252 g/mol. The topological polar surface area (TPSA) is 73.9 Å². The maximum Gasteiger partial charge on any atom is 0.322 e. The Balaban J connectivity index is 1.99. The van der Waals surface area contributed by atoms with Gasteiger partial charge in [-0.3, -0.25) is 4.98 Å². The number of hydrogen-bond acceptors (Lipinski definition) is 5. The van der Waals surface area contributed by atoms with Crippen LogP contribution in [0.3, 0.4) is 0 Å². The maximum absolute atomic E-state index is 5.77. The molecule has 0 bridgehead atoms. The highest BCUT2D eigenvalue weighted by Gasteiger charge is 2.07. The molecule has 5 heteroatoms. The molecule has 0 saturated carbocycles. The summed E-state index contributed by atoms with van der Waals surface area (Å²) in [6.07, 6.45) is 3.45. The lowest BCUT2D eigenvalue weighted by Crippen LogP contribution is -2.03. The normalized spacial score (nSPS) is 10.7. The second-order valence-corrected chi connectivity index (χ2v) is 4.40. The third-order valence-corrected chi connectivity index (χ3v) is 3.09. The SMILES string of the molecule is Cc1nc(Oc2cccc3ncccc23)ncc1CN. The third-order valence-electron chi connectivity index (χ3n) is 3.09. The molecule has 0 aliphatic rings. The van der Waals surface area contributed by atoms with Crippen LogP contribution in [-0.2, 0) is 6.54 Å². The lowest BCUT2D eigenvalue weighted by Gasteiger charge is -2.08. The minimum Gasteiger partial charge on any atom is -0.424 e. The van der Waals surface area contributed by atoms with Crippen molar-refractivity contribution in [1.29, 1.82) is 0 Å². The fourth-order valence-electron chi connectivity index (χ4n) is 1.98. The first-order valence-corrected chi connectivity index (χ1v) is 6.32. The Morgan fingerprint density at radius 3 is 2.85 bits per heavy atom. The van der Waals surface area contributed by atoms with Crippen LogP contribution in [0, 0.1) is 6.92 Å². The van der Waals surface area contributed by atoms with E-state index >= 15 is 0 Å². The summed E-state index contributed by atoms with van der Waals surface area (Å²) >= 11 is 0. The van der Waals surface area contributed by atoms with Gasteiger partial charge in [0.15, 0.2) is 0 Å². The number of nitrogens with two attached hydrogens (primary N) is 1. The molecule has 0 aliphatic carbocycles. The van der Waals surface area contributed by atoms with Gasteiger partial charge in [-0.25, -0.2) is 4.98 Å². The van der Waals surface area contributed by atoms with Crippen LogP contribution in [0.5, 0.6) is 11.8 Å². The first-order chi connectivity index (χ1) is 9.78. The molecule has 0 spiro atoms. The molecule has 3 aromatic rings. The molecule has 1 aromatic carbocycles. The van der Waals surface area contributed by atoms with Crippen molar-refractivity contribution in [2.75, 3.05) is 0 Å². The van der Waals surface area contributed by atoms with Crippen LogP contribution in [0.25, 0.3) is 10.9 Å². The van der Waals surface area contributed by atoms with Crippen LogP contribution in [0.15, 0.2) is 42.7 Å². The Kier molecular flexibility index (Phi) is 3.26. The molecule has 0 saturated heterocycles. The molecule has 0 amide bonds. The molecule has 0 radical (unpaired) electrons. The standard InChI is InChI=1S/C15H14N4O/c1-10-11(8-16)9-18-15(19-10)20-14-6-2-5-13-12(14)4-3-7-17-13/h2-7,9H,8,16H2,1H3. The molecule has 5 nitrogen and oxygen atoms in total. The Morgan fingerprint density at radius 1 is 1.15 bits per heavy atom. The minimum atomic E-state index is 0.316. The number of fused-ring (bicyclic) bond motifs is 1. The van der Waals surface area contributed by atoms with E-state index in [0.717, 1.165) is 22.2 Å². The van der Waals surface area contributed by atoms with Crippen molar-refractivity contribution in [3.8, 4) is 11.8 Å². The Hall–Kier alpha value is -2.53. The van der Waals surface area contributed by atoms with E-state index < -0.39 is 0 Å². The zero-order chi connectivity index (χ0) is 13.9. The van der Waals surface area contributed by atoms with E-state index in [-0.39, 0.29) is 0 Å². The molecule has 2 N–H and O–H groups in total. The number of aryl methyl sites for hydroxylation is 1. The smallest absolute Gasteiger partial charge is 0.322 e. The van der Waals surface area contributed by atoms with Gasteiger partial charge in [0.2, 0.25) is 0 Å². The molecule has 2 heterocycles. The Bertz CT molecular complexity index is 752. The summed E-state index contributed by atoms with van der Waals surface area (Å²) in [4.78, 5) is 12.8. The number of hydrogen-bond donors (Lipinski definition) is 1. The van der Waals surface area contributed by atoms with Gasteiger partial charge in [-0.05, 0) is 31.2 Å². The molecule has 20 heavy (non-hydrogen) atoms. The number of nitrogens with zero attached hydrogens (tertiary/aromatic N) is 3. The monoisotopic (exact) mass is 266 g/mol. The summed E-state index contributed by atoms with van der Waals surface area (Å²) in [5.74, 6) is 0.690. The van der Waals surface area contributed by atoms with Crippen molar-refractivity contribution in [3.63, 3.8) is 0 Å². The fourth-order valence-corrected chi connectivity index (χ4v) is 1.98. The van der Waals surface area contributed by atoms with E-state index in [0.29, 0.717) is 18.3 Å². The summed E-state index contributed by atoms with van der Waals surface area (Å²) in [7, 11) is 0. The predicted molar refractivity (Wildman–Crippen MR) is 76.5 cm³/mol. The highest BCUT2D eigenvalue weighted by atomic mass is 16.5. The number of pyridine rings is 1. The van der Waals surface area contributed by atoms with Crippen LogP contribution in [0.4, 0.5) is 0 Å². The third kappa shape index (κ3) is 2.31. The molecule has 100 valence electrons. The predicted octanol–water partition coefficient (Wildman–Crippen LogP) is 2.58. The van der Waals surface area contributed by atoms with Crippen molar-refractivity contribution in [1.82, 2.24) is 15.0 Å². The van der Waals surface area contributed by atoms with Gasteiger partial charge in [0.1, 0.15) is 5.75 Å². The molecule has 0 atom stereocenters. The molecule has 0 aliphatic heterocycles. The van der Waals surface area contributed by atoms with E-state index in [1.807, 2.05) is 37.3 Å². The van der Waals surface area contributed by atoms with E-state index in [9.17, 15) is 0 Å². The van der Waals surface area contributed by atoms with Gasteiger partial charge in [0.25, 0.3) is 0 Å². The van der Waals surface area contributed by atoms with Gasteiger partial charge in [-0.1, -0.05) is 6.07 Å². The molecule has 2 aromatic heterocycles. The van der Waals surface area contributed by atoms with Gasteiger partial charge >= 0.3 is 6.01 Å². The van der Waals surface area contributed by atoms with E-state index in [1.54, 1.807) is 12.4 Å². The van der Waals surface area contributed by atoms with Crippen molar-refractivity contribution in [2.45, 2.75) is 13.5 Å². The van der Waals surface area contributed by atoms with Crippen molar-refractivity contribution >= 4 is 10.9 Å². The Morgan fingerprint density at radius 2 is 2.05 bits per heavy atom. The van der Waals surface area contributed by atoms with Gasteiger partial charge in [0, 0.05) is 35.6 Å². The van der Waals surface area contributed by atoms with Crippen molar-refractivity contribution < 1.29 is 4.74 Å². The average Bonchev–Trinajstić information content (AvgIpc) is 2.48. The van der Waals surface area contributed by atoms with Crippen LogP contribution in [-0.4, -0.2) is 15.0 Å². The first-order valence-electron chi connectivity index (χ1n) is 6.32. The highest BCUT2D eigenvalue weighted by molar-refractivity contribution is 5.84. The Labute approximate surface area is 116 Å². The maximum atomic E-state index is 5.77. The lowest BCUT2D eigenvalue weighted by molar-refractivity contribution is 0.444. The lowest BCUT2D eigenvalue weighted by atomic mass is 10.2. The van der Waals surface area contributed by atoms with Crippen LogP contribution < -0.4 is 10.5 Å². The van der Waals surface area contributed by atoms with Gasteiger partial charge in [0.05, 0.1) is 5.52 Å². The van der Waals surface area contributed by atoms with E-state index in [4.69, 9.17) is 10.5 Å². The summed E-state index contributed by atoms with van der Waals surface area (Å²) in [5.41, 5.74) is 8.22. The second-order valence-electron chi connectivity index (χ2n) is 4.40. The van der Waals surface area contributed by atoms with Crippen LogP contribution in [0.1, 0.15) is 11.3 Å². The molecule has 0 unspecified atom stereocenters. The fraction of sp³-hybridized carbons (Fsp3) is 0.133. The van der Waals surface area contributed by atoms with Crippen LogP contribution >= 0.6 is 0 Å². The number of aromatic nitrogens is 3. The minimum absolute atomic E-state index is 0.316. The largest absolute Gasteiger partial charge is 0.424 e. The highest BCUT2D eigenvalue weighted by Crippen LogP contribution is 2.27. The molecular formula is C15H14N4O. The van der Waals surface area contributed by atoms with E-state index in [2.05, 4.69) is 15.0 Å². The van der Waals surface area contributed by atoms with Gasteiger partial charge in [-0.15, -0.1) is 0 Å². The quantitative estimate of drug-likeness (QED) is 0.788. The summed E-state index contributed by atoms with van der Waals surface area (Å²) in [6, 6.07) is 9.85. The van der Waals surface area contributed by atoms with Gasteiger partial charge < -0.3 is 10.5 Å². The summed E-state index contributed by atoms with van der Waals surface area (Å²) in [5, 5.41) is 0.930. The average molecular weight is 266 g/mol. The van der Waals surface area contributed by atoms with Gasteiger partial charge in [-0.2, -0.15) is 4.98 Å². The molecule has 3 rings (SSSR count). The summed E-state index contributed by atoms with van der Waals surface area (Å²) in [6.45, 7) is 2.31. The molecule has 0 fully saturated rings. The van der Waals surface area contributed by atoms with Crippen LogP contribution in [0.2, 0.25) is 0 Å². The number of ether oxygens (including phenoxy) is 1. The van der Waals surface area contributed by atoms with Crippen molar-refractivity contribution in [2.24, 2.45) is 5.73 Å². The zero-order valence-corrected chi connectivity index (χ0v) is 11.1. The second kappa shape index (κ2) is 5.22.